The van der Waals surface area contributed by atoms with Crippen molar-refractivity contribution in [2.75, 3.05) is 4.72 Å². The molecule has 7 heteroatoms. The van der Waals surface area contributed by atoms with Crippen molar-refractivity contribution in [1.29, 1.82) is 0 Å². The van der Waals surface area contributed by atoms with Gasteiger partial charge in [-0.2, -0.15) is 0 Å². The van der Waals surface area contributed by atoms with Crippen LogP contribution < -0.4 is 10.0 Å². The SMILES string of the molecule is O=S(=O)(Nc1ccccn1)c1cc(CNC2CC2)cs1. The quantitative estimate of drug-likeness (QED) is 0.858. The summed E-state index contributed by atoms with van der Waals surface area (Å²) in [6.45, 7) is 0.722. The van der Waals surface area contributed by atoms with Gasteiger partial charge in [0.05, 0.1) is 0 Å². The lowest BCUT2D eigenvalue weighted by Crippen LogP contribution is -2.15. The molecule has 2 aromatic rings. The van der Waals surface area contributed by atoms with E-state index in [1.165, 1.54) is 24.2 Å². The predicted octanol–water partition coefficient (Wildman–Crippen LogP) is 2.20. The number of nitrogens with one attached hydrogen (secondary N) is 2. The van der Waals surface area contributed by atoms with Gasteiger partial charge in [0, 0.05) is 18.8 Å². The van der Waals surface area contributed by atoms with Crippen molar-refractivity contribution in [2.24, 2.45) is 0 Å². The fourth-order valence-corrected chi connectivity index (χ4v) is 3.97. The number of rotatable bonds is 6. The maximum atomic E-state index is 12.2. The molecule has 0 amide bonds. The van der Waals surface area contributed by atoms with Crippen LogP contribution in [-0.2, 0) is 16.6 Å². The third-order valence-corrected chi connectivity index (χ3v) is 5.81. The number of pyridine rings is 1. The summed E-state index contributed by atoms with van der Waals surface area (Å²) in [7, 11) is -3.54. The Labute approximate surface area is 122 Å². The van der Waals surface area contributed by atoms with Gasteiger partial charge in [0.1, 0.15) is 10.0 Å². The molecule has 1 aliphatic rings. The van der Waals surface area contributed by atoms with E-state index in [2.05, 4.69) is 15.0 Å². The number of nitrogens with zero attached hydrogens (tertiary/aromatic N) is 1. The Morgan fingerprint density at radius 1 is 1.35 bits per heavy atom. The Kier molecular flexibility index (Phi) is 3.73. The zero-order chi connectivity index (χ0) is 14.0. The van der Waals surface area contributed by atoms with Gasteiger partial charge < -0.3 is 5.32 Å². The minimum Gasteiger partial charge on any atom is -0.310 e. The van der Waals surface area contributed by atoms with Gasteiger partial charge in [0.2, 0.25) is 0 Å². The van der Waals surface area contributed by atoms with Crippen molar-refractivity contribution in [3.05, 3.63) is 41.4 Å². The summed E-state index contributed by atoms with van der Waals surface area (Å²) in [5.74, 6) is 0.332. The van der Waals surface area contributed by atoms with Gasteiger partial charge in [0.15, 0.2) is 0 Å². The monoisotopic (exact) mass is 309 g/mol. The van der Waals surface area contributed by atoms with Crippen LogP contribution in [0.15, 0.2) is 40.1 Å². The summed E-state index contributed by atoms with van der Waals surface area (Å²) in [5, 5.41) is 5.24. The van der Waals surface area contributed by atoms with Crippen molar-refractivity contribution in [3.63, 3.8) is 0 Å². The van der Waals surface area contributed by atoms with E-state index in [1.807, 2.05) is 5.38 Å². The molecule has 0 bridgehead atoms. The molecular weight excluding hydrogens is 294 g/mol. The van der Waals surface area contributed by atoms with E-state index in [1.54, 1.807) is 30.5 Å². The highest BCUT2D eigenvalue weighted by atomic mass is 32.2. The van der Waals surface area contributed by atoms with E-state index in [9.17, 15) is 8.42 Å². The second-order valence-electron chi connectivity index (χ2n) is 4.75. The van der Waals surface area contributed by atoms with Gasteiger partial charge in [-0.1, -0.05) is 6.07 Å². The smallest absolute Gasteiger partial charge is 0.272 e. The van der Waals surface area contributed by atoms with Crippen molar-refractivity contribution in [1.82, 2.24) is 10.3 Å². The molecule has 0 aliphatic heterocycles. The van der Waals surface area contributed by atoms with E-state index in [-0.39, 0.29) is 0 Å². The zero-order valence-electron chi connectivity index (χ0n) is 10.7. The van der Waals surface area contributed by atoms with Crippen molar-refractivity contribution >= 4 is 27.2 Å². The van der Waals surface area contributed by atoms with Crippen LogP contribution in [0.5, 0.6) is 0 Å². The van der Waals surface area contributed by atoms with Crippen LogP contribution >= 0.6 is 11.3 Å². The molecule has 2 aromatic heterocycles. The third-order valence-electron chi connectivity index (χ3n) is 2.97. The Morgan fingerprint density at radius 3 is 2.90 bits per heavy atom. The summed E-state index contributed by atoms with van der Waals surface area (Å²) < 4.78 is 27.2. The van der Waals surface area contributed by atoms with Gasteiger partial charge in [-0.05, 0) is 42.0 Å². The second kappa shape index (κ2) is 5.51. The lowest BCUT2D eigenvalue weighted by molar-refractivity contribution is 0.603. The molecule has 0 aromatic carbocycles. The first kappa shape index (κ1) is 13.5. The van der Waals surface area contributed by atoms with Gasteiger partial charge in [0.25, 0.3) is 10.0 Å². The number of hydrogen-bond donors (Lipinski definition) is 2. The Morgan fingerprint density at radius 2 is 2.20 bits per heavy atom. The molecule has 3 rings (SSSR count). The molecule has 5 nitrogen and oxygen atoms in total. The summed E-state index contributed by atoms with van der Waals surface area (Å²) in [4.78, 5) is 3.97. The molecule has 0 spiro atoms. The molecule has 0 atom stereocenters. The Balaban J connectivity index is 1.70. The average Bonchev–Trinajstić information content (AvgIpc) is 3.13. The van der Waals surface area contributed by atoms with E-state index in [4.69, 9.17) is 0 Å². The molecule has 1 aliphatic carbocycles. The van der Waals surface area contributed by atoms with Crippen LogP contribution in [-0.4, -0.2) is 19.4 Å². The summed E-state index contributed by atoms with van der Waals surface area (Å²) in [5.41, 5.74) is 1.00. The lowest BCUT2D eigenvalue weighted by atomic mass is 10.3. The molecule has 1 fully saturated rings. The molecule has 0 radical (unpaired) electrons. The van der Waals surface area contributed by atoms with Crippen LogP contribution in [0.25, 0.3) is 0 Å². The standard InChI is InChI=1S/C13H15N3O2S2/c17-20(18,16-12-3-1-2-6-14-12)13-7-10(9-19-13)8-15-11-4-5-11/h1-3,6-7,9,11,15H,4-5,8H2,(H,14,16). The molecule has 1 saturated carbocycles. The summed E-state index contributed by atoms with van der Waals surface area (Å²) in [6.07, 6.45) is 3.99. The lowest BCUT2D eigenvalue weighted by Gasteiger charge is -2.04. The van der Waals surface area contributed by atoms with Crippen molar-refractivity contribution in [2.45, 2.75) is 29.6 Å². The number of sulfonamides is 1. The predicted molar refractivity (Wildman–Crippen MR) is 79.2 cm³/mol. The highest BCUT2D eigenvalue weighted by molar-refractivity contribution is 7.94. The van der Waals surface area contributed by atoms with Gasteiger partial charge in [-0.15, -0.1) is 11.3 Å². The molecule has 106 valence electrons. The number of anilines is 1. The highest BCUT2D eigenvalue weighted by Gasteiger charge is 2.21. The van der Waals surface area contributed by atoms with Crippen molar-refractivity contribution < 1.29 is 8.42 Å². The minimum atomic E-state index is -3.54. The average molecular weight is 309 g/mol. The second-order valence-corrected chi connectivity index (χ2v) is 7.57. The largest absolute Gasteiger partial charge is 0.310 e. The molecule has 0 saturated heterocycles. The maximum Gasteiger partial charge on any atom is 0.272 e. The molecule has 2 N–H and O–H groups in total. The van der Waals surface area contributed by atoms with Crippen molar-refractivity contribution in [3.8, 4) is 0 Å². The highest BCUT2D eigenvalue weighted by Crippen LogP contribution is 2.24. The Bertz CT molecular complexity index is 679. The normalized spacial score (nSPS) is 15.2. The topological polar surface area (TPSA) is 71.1 Å². The fourth-order valence-electron chi connectivity index (χ4n) is 1.75. The molecule has 20 heavy (non-hydrogen) atoms. The van der Waals surface area contributed by atoms with Gasteiger partial charge in [-0.25, -0.2) is 13.4 Å². The maximum absolute atomic E-state index is 12.2. The van der Waals surface area contributed by atoms with Crippen LogP contribution in [0.4, 0.5) is 5.82 Å². The van der Waals surface area contributed by atoms with Crippen LogP contribution in [0.1, 0.15) is 18.4 Å². The van der Waals surface area contributed by atoms with Crippen LogP contribution in [0.3, 0.4) is 0 Å². The first-order valence-electron chi connectivity index (χ1n) is 6.38. The first-order chi connectivity index (χ1) is 9.63. The van der Waals surface area contributed by atoms with E-state index >= 15 is 0 Å². The van der Waals surface area contributed by atoms with E-state index < -0.39 is 10.0 Å². The molecule has 2 heterocycles. The summed E-state index contributed by atoms with van der Waals surface area (Å²) in [6, 6.07) is 7.43. The number of hydrogen-bond acceptors (Lipinski definition) is 5. The fraction of sp³-hybridized carbons (Fsp3) is 0.308. The van der Waals surface area contributed by atoms with E-state index in [0.29, 0.717) is 16.1 Å². The third kappa shape index (κ3) is 3.36. The van der Waals surface area contributed by atoms with Gasteiger partial charge >= 0.3 is 0 Å². The first-order valence-corrected chi connectivity index (χ1v) is 8.74. The number of aromatic nitrogens is 1. The Hall–Kier alpha value is -1.44. The zero-order valence-corrected chi connectivity index (χ0v) is 12.4. The molecular formula is C13H15N3O2S2. The van der Waals surface area contributed by atoms with E-state index in [0.717, 1.165) is 12.1 Å². The summed E-state index contributed by atoms with van der Waals surface area (Å²) >= 11 is 1.23. The number of thiophene rings is 1. The van der Waals surface area contributed by atoms with Crippen LogP contribution in [0, 0.1) is 0 Å². The molecule has 0 unspecified atom stereocenters. The van der Waals surface area contributed by atoms with Crippen LogP contribution in [0.2, 0.25) is 0 Å². The minimum absolute atomic E-state index is 0.316. The van der Waals surface area contributed by atoms with Gasteiger partial charge in [-0.3, -0.25) is 4.72 Å².